The van der Waals surface area contributed by atoms with E-state index in [9.17, 15) is 9.59 Å². The Labute approximate surface area is 143 Å². The van der Waals surface area contributed by atoms with E-state index in [1.807, 2.05) is 18.2 Å². The molecule has 1 aromatic carbocycles. The molecule has 1 aromatic rings. The summed E-state index contributed by atoms with van der Waals surface area (Å²) in [6, 6.07) is 6.05. The van der Waals surface area contributed by atoms with Gasteiger partial charge in [0.05, 0.1) is 0 Å². The third-order valence-corrected chi connectivity index (χ3v) is 5.32. The Morgan fingerprint density at radius 1 is 1.17 bits per heavy atom. The third kappa shape index (κ3) is 4.28. The van der Waals surface area contributed by atoms with E-state index in [0.717, 1.165) is 36.4 Å². The third-order valence-electron chi connectivity index (χ3n) is 5.32. The quantitative estimate of drug-likeness (QED) is 0.796. The molecule has 24 heavy (non-hydrogen) atoms. The number of urea groups is 1. The van der Waals surface area contributed by atoms with Crippen molar-refractivity contribution in [2.75, 3.05) is 5.32 Å². The van der Waals surface area contributed by atoms with Crippen LogP contribution in [0.3, 0.4) is 0 Å². The lowest BCUT2D eigenvalue weighted by molar-refractivity contribution is -0.121. The Morgan fingerprint density at radius 2 is 1.96 bits per heavy atom. The van der Waals surface area contributed by atoms with E-state index in [2.05, 4.69) is 22.9 Å². The zero-order valence-electron chi connectivity index (χ0n) is 14.4. The summed E-state index contributed by atoms with van der Waals surface area (Å²) < 4.78 is 0. The standard InChI is InChI=1S/C19H27N3O2/c1-2-13-3-7-16(8-4-13)21-19(24)22-17-9-5-14-6-10-18(23)20-12-15(14)11-17/h5,9,11,13,16H,2-4,6-8,10,12H2,1H3,(H,20,23)(H2,21,22,24). The Balaban J connectivity index is 1.54. The largest absolute Gasteiger partial charge is 0.352 e. The van der Waals surface area contributed by atoms with Crippen molar-refractivity contribution in [2.24, 2.45) is 5.92 Å². The van der Waals surface area contributed by atoms with E-state index >= 15 is 0 Å². The second-order valence-corrected chi connectivity index (χ2v) is 6.98. The van der Waals surface area contributed by atoms with Crippen molar-refractivity contribution in [2.45, 2.75) is 64.5 Å². The van der Waals surface area contributed by atoms with Gasteiger partial charge in [0.2, 0.25) is 5.91 Å². The first-order valence-corrected chi connectivity index (χ1v) is 9.10. The molecule has 0 spiro atoms. The van der Waals surface area contributed by atoms with Crippen LogP contribution in [-0.2, 0) is 17.8 Å². The van der Waals surface area contributed by atoms with Crippen LogP contribution in [-0.4, -0.2) is 18.0 Å². The number of carbonyl (C=O) groups is 2. The van der Waals surface area contributed by atoms with Gasteiger partial charge in [-0.25, -0.2) is 4.79 Å². The molecular weight excluding hydrogens is 302 g/mol. The molecule has 3 N–H and O–H groups in total. The molecule has 2 aliphatic rings. The van der Waals surface area contributed by atoms with Gasteiger partial charge in [-0.2, -0.15) is 0 Å². The molecule has 3 rings (SSSR count). The number of anilines is 1. The van der Waals surface area contributed by atoms with Crippen molar-refractivity contribution in [1.82, 2.24) is 10.6 Å². The minimum atomic E-state index is -0.132. The average Bonchev–Trinajstić information content (AvgIpc) is 2.77. The second-order valence-electron chi connectivity index (χ2n) is 6.98. The van der Waals surface area contributed by atoms with Gasteiger partial charge in [0.1, 0.15) is 0 Å². The number of aryl methyl sites for hydroxylation is 1. The number of hydrogen-bond donors (Lipinski definition) is 3. The summed E-state index contributed by atoms with van der Waals surface area (Å²) in [6.07, 6.45) is 7.09. The Morgan fingerprint density at radius 3 is 2.71 bits per heavy atom. The van der Waals surface area contributed by atoms with Crippen LogP contribution in [0, 0.1) is 5.92 Å². The maximum atomic E-state index is 12.2. The van der Waals surface area contributed by atoms with Crippen molar-refractivity contribution in [3.63, 3.8) is 0 Å². The normalized spacial score (nSPS) is 23.6. The number of nitrogens with one attached hydrogen (secondary N) is 3. The van der Waals surface area contributed by atoms with E-state index in [1.54, 1.807) is 0 Å². The van der Waals surface area contributed by atoms with Crippen LogP contribution < -0.4 is 16.0 Å². The molecule has 1 saturated carbocycles. The number of amides is 3. The lowest BCUT2D eigenvalue weighted by Crippen LogP contribution is -2.40. The second kappa shape index (κ2) is 7.69. The molecule has 0 unspecified atom stereocenters. The van der Waals surface area contributed by atoms with Gasteiger partial charge in [-0.15, -0.1) is 0 Å². The summed E-state index contributed by atoms with van der Waals surface area (Å²) in [7, 11) is 0. The lowest BCUT2D eigenvalue weighted by Gasteiger charge is -2.28. The fraction of sp³-hybridized carbons (Fsp3) is 0.579. The smallest absolute Gasteiger partial charge is 0.319 e. The van der Waals surface area contributed by atoms with Crippen LogP contribution in [0.1, 0.15) is 56.6 Å². The van der Waals surface area contributed by atoms with E-state index < -0.39 is 0 Å². The van der Waals surface area contributed by atoms with Gasteiger partial charge in [-0.3, -0.25) is 4.79 Å². The Kier molecular flexibility index (Phi) is 5.38. The summed E-state index contributed by atoms with van der Waals surface area (Å²) in [5.41, 5.74) is 3.05. The number of rotatable bonds is 3. The summed E-state index contributed by atoms with van der Waals surface area (Å²) >= 11 is 0. The minimum Gasteiger partial charge on any atom is -0.352 e. The summed E-state index contributed by atoms with van der Waals surface area (Å²) in [5.74, 6) is 0.909. The molecule has 1 aliphatic heterocycles. The van der Waals surface area contributed by atoms with E-state index in [-0.39, 0.29) is 18.0 Å². The molecule has 3 amide bonds. The van der Waals surface area contributed by atoms with Gasteiger partial charge in [0.25, 0.3) is 0 Å². The van der Waals surface area contributed by atoms with Gasteiger partial charge in [-0.1, -0.05) is 19.4 Å². The average molecular weight is 329 g/mol. The maximum Gasteiger partial charge on any atom is 0.319 e. The van der Waals surface area contributed by atoms with Crippen LogP contribution in [0.2, 0.25) is 0 Å². The fourth-order valence-corrected chi connectivity index (χ4v) is 3.71. The topological polar surface area (TPSA) is 70.2 Å². The molecule has 0 radical (unpaired) electrons. The molecule has 1 aliphatic carbocycles. The predicted molar refractivity (Wildman–Crippen MR) is 94.8 cm³/mol. The Bertz CT molecular complexity index is 607. The lowest BCUT2D eigenvalue weighted by atomic mass is 9.85. The highest BCUT2D eigenvalue weighted by molar-refractivity contribution is 5.89. The number of hydrogen-bond acceptors (Lipinski definition) is 2. The first-order chi connectivity index (χ1) is 11.6. The minimum absolute atomic E-state index is 0.0844. The van der Waals surface area contributed by atoms with Crippen LogP contribution in [0.5, 0.6) is 0 Å². The maximum absolute atomic E-state index is 12.2. The molecule has 1 fully saturated rings. The summed E-state index contributed by atoms with van der Waals surface area (Å²) in [5, 5.41) is 8.91. The van der Waals surface area contributed by atoms with Crippen LogP contribution in [0.25, 0.3) is 0 Å². The molecule has 5 heteroatoms. The van der Waals surface area contributed by atoms with Gasteiger partial charge in [0, 0.05) is 24.7 Å². The molecule has 5 nitrogen and oxygen atoms in total. The van der Waals surface area contributed by atoms with Gasteiger partial charge < -0.3 is 16.0 Å². The van der Waals surface area contributed by atoms with Gasteiger partial charge in [0.15, 0.2) is 0 Å². The van der Waals surface area contributed by atoms with Crippen molar-refractivity contribution >= 4 is 17.6 Å². The molecule has 130 valence electrons. The number of carbonyl (C=O) groups excluding carboxylic acids is 2. The zero-order chi connectivity index (χ0) is 16.9. The van der Waals surface area contributed by atoms with Gasteiger partial charge >= 0.3 is 6.03 Å². The van der Waals surface area contributed by atoms with Crippen LogP contribution >= 0.6 is 0 Å². The van der Waals surface area contributed by atoms with Crippen molar-refractivity contribution in [1.29, 1.82) is 0 Å². The highest BCUT2D eigenvalue weighted by Crippen LogP contribution is 2.26. The fourth-order valence-electron chi connectivity index (χ4n) is 3.71. The summed E-state index contributed by atoms with van der Waals surface area (Å²) in [6.45, 7) is 2.78. The van der Waals surface area contributed by atoms with Crippen LogP contribution in [0.4, 0.5) is 10.5 Å². The SMILES string of the molecule is CCC1CCC(NC(=O)Nc2ccc3c(c2)CNC(=O)CC3)CC1. The van der Waals surface area contributed by atoms with Crippen molar-refractivity contribution < 1.29 is 9.59 Å². The molecule has 1 heterocycles. The van der Waals surface area contributed by atoms with Crippen molar-refractivity contribution in [3.05, 3.63) is 29.3 Å². The zero-order valence-corrected chi connectivity index (χ0v) is 14.4. The molecule has 0 aromatic heterocycles. The number of fused-ring (bicyclic) bond motifs is 1. The number of benzene rings is 1. The van der Waals surface area contributed by atoms with E-state index in [0.29, 0.717) is 13.0 Å². The molecule has 0 atom stereocenters. The van der Waals surface area contributed by atoms with E-state index in [4.69, 9.17) is 0 Å². The monoisotopic (exact) mass is 329 g/mol. The molecule has 0 bridgehead atoms. The predicted octanol–water partition coefficient (Wildman–Crippen LogP) is 3.34. The first kappa shape index (κ1) is 16.8. The van der Waals surface area contributed by atoms with Crippen LogP contribution in [0.15, 0.2) is 18.2 Å². The molecular formula is C19H27N3O2. The highest BCUT2D eigenvalue weighted by Gasteiger charge is 2.21. The Hall–Kier alpha value is -2.04. The highest BCUT2D eigenvalue weighted by atomic mass is 16.2. The van der Waals surface area contributed by atoms with Crippen molar-refractivity contribution in [3.8, 4) is 0 Å². The van der Waals surface area contributed by atoms with Gasteiger partial charge in [-0.05, 0) is 61.3 Å². The van der Waals surface area contributed by atoms with E-state index in [1.165, 1.54) is 24.8 Å². The summed E-state index contributed by atoms with van der Waals surface area (Å²) in [4.78, 5) is 23.7. The molecule has 0 saturated heterocycles. The first-order valence-electron chi connectivity index (χ1n) is 9.10.